The molecule has 0 amide bonds. The van der Waals surface area contributed by atoms with Gasteiger partial charge in [-0.2, -0.15) is 0 Å². The summed E-state index contributed by atoms with van der Waals surface area (Å²) in [6, 6.07) is 0. The lowest BCUT2D eigenvalue weighted by Crippen LogP contribution is -2.20. The van der Waals surface area contributed by atoms with Gasteiger partial charge >= 0.3 is 0 Å². The number of rotatable bonds is 0. The first-order valence-corrected chi connectivity index (χ1v) is 2.47. The zero-order chi connectivity index (χ0) is 7.98. The number of aromatic nitrogens is 2. The molecule has 1 aromatic heterocycles. The summed E-state index contributed by atoms with van der Waals surface area (Å²) in [6.45, 7) is 0. The Hall–Kier alpha value is -1.72. The monoisotopic (exact) mass is 142 g/mol. The second-order valence-corrected chi connectivity index (χ2v) is 1.43. The number of nitrogen functional groups attached to an aromatic ring is 1. The molecular weight excluding hydrogens is 132 g/mol. The van der Waals surface area contributed by atoms with Crippen molar-refractivity contribution in [2.75, 3.05) is 5.73 Å². The van der Waals surface area contributed by atoms with Gasteiger partial charge < -0.3 is 22.2 Å². The molecule has 8 N–H and O–H groups in total. The molecule has 1 aromatic rings. The lowest BCUT2D eigenvalue weighted by atomic mass is 11.0. The number of hydrogen-bond donors (Lipinski definition) is 5. The normalized spacial score (nSPS) is 7.60. The molecule has 0 fully saturated rings. The molecule has 0 spiro atoms. The summed E-state index contributed by atoms with van der Waals surface area (Å²) in [5, 5.41) is 6.06. The Labute approximate surface area is 57.9 Å². The minimum Gasteiger partial charge on any atom is -0.370 e. The first-order chi connectivity index (χ1) is 4.63. The first-order valence-electron chi connectivity index (χ1n) is 2.47. The van der Waals surface area contributed by atoms with Gasteiger partial charge in [0.1, 0.15) is 0 Å². The Morgan fingerprint density at radius 2 is 2.10 bits per heavy atom. The summed E-state index contributed by atoms with van der Waals surface area (Å²) in [4.78, 5) is 6.31. The maximum atomic E-state index is 6.06. The Bertz CT molecular complexity index is 174. The van der Waals surface area contributed by atoms with Gasteiger partial charge in [-0.05, 0) is 0 Å². The number of imidazole rings is 1. The van der Waals surface area contributed by atoms with Crippen molar-refractivity contribution in [1.29, 1.82) is 5.41 Å². The highest BCUT2D eigenvalue weighted by Crippen LogP contribution is 1.81. The zero-order valence-corrected chi connectivity index (χ0v) is 5.33. The van der Waals surface area contributed by atoms with Gasteiger partial charge in [0, 0.05) is 12.4 Å². The number of nitrogens with two attached hydrogens (primary N) is 3. The predicted octanol–water partition coefficient (Wildman–Crippen LogP) is -1.17. The Morgan fingerprint density at radius 3 is 2.20 bits per heavy atom. The molecule has 0 unspecified atom stereocenters. The number of anilines is 1. The van der Waals surface area contributed by atoms with Crippen molar-refractivity contribution in [2.45, 2.75) is 0 Å². The van der Waals surface area contributed by atoms with Crippen LogP contribution < -0.4 is 17.2 Å². The van der Waals surface area contributed by atoms with E-state index in [9.17, 15) is 0 Å². The van der Waals surface area contributed by atoms with E-state index in [4.69, 9.17) is 11.1 Å². The van der Waals surface area contributed by atoms with E-state index in [1.165, 1.54) is 0 Å². The van der Waals surface area contributed by atoms with Gasteiger partial charge in [0.15, 0.2) is 11.9 Å². The maximum Gasteiger partial charge on any atom is 0.197 e. The van der Waals surface area contributed by atoms with E-state index < -0.39 is 0 Å². The fourth-order valence-corrected chi connectivity index (χ4v) is 0.277. The molecule has 0 aromatic carbocycles. The Balaban J connectivity index is 0.000000180. The van der Waals surface area contributed by atoms with Gasteiger partial charge in [0.25, 0.3) is 0 Å². The van der Waals surface area contributed by atoms with E-state index in [1.54, 1.807) is 12.4 Å². The molecule has 6 nitrogen and oxygen atoms in total. The van der Waals surface area contributed by atoms with E-state index in [0.29, 0.717) is 5.95 Å². The van der Waals surface area contributed by atoms with E-state index in [0.717, 1.165) is 0 Å². The second-order valence-electron chi connectivity index (χ2n) is 1.43. The maximum absolute atomic E-state index is 6.06. The summed E-state index contributed by atoms with van der Waals surface area (Å²) in [6.07, 6.45) is 3.28. The number of nitrogens with one attached hydrogen (secondary N) is 2. The van der Waals surface area contributed by atoms with Gasteiger partial charge in [-0.3, -0.25) is 5.41 Å². The van der Waals surface area contributed by atoms with Crippen molar-refractivity contribution in [3.63, 3.8) is 0 Å². The highest BCUT2D eigenvalue weighted by Gasteiger charge is 1.74. The highest BCUT2D eigenvalue weighted by molar-refractivity contribution is 5.71. The minimum atomic E-state index is -0.333. The molecular formula is C4H10N6. The Morgan fingerprint density at radius 1 is 1.60 bits per heavy atom. The smallest absolute Gasteiger partial charge is 0.197 e. The van der Waals surface area contributed by atoms with Crippen LogP contribution in [0.1, 0.15) is 0 Å². The van der Waals surface area contributed by atoms with Crippen molar-refractivity contribution in [3.05, 3.63) is 12.4 Å². The van der Waals surface area contributed by atoms with Crippen LogP contribution in [0, 0.1) is 5.41 Å². The van der Waals surface area contributed by atoms with E-state index in [2.05, 4.69) is 21.4 Å². The third-order valence-electron chi connectivity index (χ3n) is 0.519. The van der Waals surface area contributed by atoms with Crippen LogP contribution in [-0.4, -0.2) is 15.9 Å². The molecule has 1 heterocycles. The summed E-state index contributed by atoms with van der Waals surface area (Å²) in [7, 11) is 0. The quantitative estimate of drug-likeness (QED) is 0.231. The van der Waals surface area contributed by atoms with Crippen LogP contribution in [0.15, 0.2) is 12.4 Å². The summed E-state index contributed by atoms with van der Waals surface area (Å²) in [5.74, 6) is 0.134. The third-order valence-corrected chi connectivity index (χ3v) is 0.519. The third kappa shape index (κ3) is 6.28. The van der Waals surface area contributed by atoms with Gasteiger partial charge in [-0.1, -0.05) is 0 Å². The topological polar surface area (TPSA) is 131 Å². The molecule has 0 radical (unpaired) electrons. The van der Waals surface area contributed by atoms with Gasteiger partial charge in [0.05, 0.1) is 0 Å². The van der Waals surface area contributed by atoms with Crippen molar-refractivity contribution in [1.82, 2.24) is 9.97 Å². The lowest BCUT2D eigenvalue weighted by molar-refractivity contribution is 1.33. The molecule has 56 valence electrons. The fourth-order valence-electron chi connectivity index (χ4n) is 0.277. The molecule has 0 atom stereocenters. The molecule has 6 heteroatoms. The van der Waals surface area contributed by atoms with Gasteiger partial charge in [-0.25, -0.2) is 4.98 Å². The van der Waals surface area contributed by atoms with E-state index >= 15 is 0 Å². The van der Waals surface area contributed by atoms with Crippen molar-refractivity contribution in [3.8, 4) is 0 Å². The van der Waals surface area contributed by atoms with Crippen molar-refractivity contribution >= 4 is 11.9 Å². The van der Waals surface area contributed by atoms with Crippen molar-refractivity contribution < 1.29 is 0 Å². The first kappa shape index (κ1) is 8.28. The average molecular weight is 142 g/mol. The number of hydrogen-bond acceptors (Lipinski definition) is 3. The largest absolute Gasteiger partial charge is 0.370 e. The molecule has 0 aliphatic heterocycles. The molecule has 0 bridgehead atoms. The number of H-pyrrole nitrogens is 1. The van der Waals surface area contributed by atoms with E-state index in [-0.39, 0.29) is 5.96 Å². The highest BCUT2D eigenvalue weighted by atomic mass is 15.0. The summed E-state index contributed by atoms with van der Waals surface area (Å²) >= 11 is 0. The van der Waals surface area contributed by atoms with Crippen LogP contribution in [0.4, 0.5) is 5.95 Å². The molecule has 1 rings (SSSR count). The minimum absolute atomic E-state index is 0.333. The molecule has 0 aliphatic rings. The van der Waals surface area contributed by atoms with E-state index in [1.807, 2.05) is 0 Å². The molecule has 0 saturated carbocycles. The van der Waals surface area contributed by atoms with Gasteiger partial charge in [0.2, 0.25) is 0 Å². The van der Waals surface area contributed by atoms with Crippen LogP contribution in [0.3, 0.4) is 0 Å². The van der Waals surface area contributed by atoms with Crippen LogP contribution >= 0.6 is 0 Å². The summed E-state index contributed by atoms with van der Waals surface area (Å²) < 4.78 is 0. The zero-order valence-electron chi connectivity index (χ0n) is 5.33. The van der Waals surface area contributed by atoms with Crippen molar-refractivity contribution in [2.24, 2.45) is 11.5 Å². The average Bonchev–Trinajstić information content (AvgIpc) is 2.15. The molecule has 0 saturated heterocycles. The van der Waals surface area contributed by atoms with Crippen LogP contribution in [0.5, 0.6) is 0 Å². The molecule has 0 aliphatic carbocycles. The number of nitrogens with zero attached hydrogens (tertiary/aromatic N) is 1. The van der Waals surface area contributed by atoms with Crippen LogP contribution in [0.2, 0.25) is 0 Å². The van der Waals surface area contributed by atoms with Crippen LogP contribution in [0.25, 0.3) is 0 Å². The Kier molecular flexibility index (Phi) is 3.47. The van der Waals surface area contributed by atoms with Gasteiger partial charge in [-0.15, -0.1) is 0 Å². The fraction of sp³-hybridized carbons (Fsp3) is 0. The molecule has 10 heavy (non-hydrogen) atoms. The second kappa shape index (κ2) is 4.19. The standard InChI is InChI=1S/C3H5N3.CH5N3/c4-3-5-1-2-6-3;2-1(3)4/h1-2H,(H3,4,5,6);(H5,2,3,4). The van der Waals surface area contributed by atoms with Crippen LogP contribution in [-0.2, 0) is 0 Å². The summed E-state index contributed by atoms with van der Waals surface area (Å²) in [5.41, 5.74) is 14.1. The predicted molar refractivity (Wildman–Crippen MR) is 39.1 cm³/mol. The number of aromatic amines is 1. The SMILES string of the molecule is N=C(N)N.Nc1ncc[nH]1. The number of guanidine groups is 1. The lowest BCUT2D eigenvalue weighted by Gasteiger charge is -1.70.